The Kier molecular flexibility index (Phi) is 3.83. The molecule has 2 N–H and O–H groups in total. The van der Waals surface area contributed by atoms with Crippen LogP contribution in [0.5, 0.6) is 0 Å². The predicted molar refractivity (Wildman–Crippen MR) is 59.8 cm³/mol. The Morgan fingerprint density at radius 3 is 2.59 bits per heavy atom. The van der Waals surface area contributed by atoms with Gasteiger partial charge in [0.1, 0.15) is 5.82 Å². The zero-order valence-electron chi connectivity index (χ0n) is 9.66. The number of nitrogens with one attached hydrogen (secondary N) is 1. The topological polar surface area (TPSA) is 66.4 Å². The highest BCUT2D eigenvalue weighted by Gasteiger charge is 2.30. The van der Waals surface area contributed by atoms with Crippen LogP contribution in [0.2, 0.25) is 0 Å². The number of rotatable bonds is 4. The molecule has 17 heavy (non-hydrogen) atoms. The second-order valence-corrected chi connectivity index (χ2v) is 4.09. The van der Waals surface area contributed by atoms with Gasteiger partial charge >= 0.3 is 5.97 Å². The van der Waals surface area contributed by atoms with Gasteiger partial charge in [-0.2, -0.15) is 0 Å². The summed E-state index contributed by atoms with van der Waals surface area (Å²) in [6.07, 6.45) is -0.309. The lowest BCUT2D eigenvalue weighted by Crippen LogP contribution is -2.44. The van der Waals surface area contributed by atoms with Crippen LogP contribution in [0.1, 0.15) is 25.8 Å². The Balaban J connectivity index is 3.13. The standard InChI is InChI=1S/C12H14FNO3/c1-8(15)14-12(2,7-11(16)17)9-4-3-5-10(13)6-9/h3-6H,7H2,1-2H3,(H,14,15)(H,16,17). The van der Waals surface area contributed by atoms with E-state index < -0.39 is 17.3 Å². The zero-order valence-corrected chi connectivity index (χ0v) is 9.66. The van der Waals surface area contributed by atoms with Crippen molar-refractivity contribution in [3.8, 4) is 0 Å². The van der Waals surface area contributed by atoms with E-state index in [9.17, 15) is 14.0 Å². The van der Waals surface area contributed by atoms with Crippen molar-refractivity contribution in [3.63, 3.8) is 0 Å². The lowest BCUT2D eigenvalue weighted by molar-refractivity contribution is -0.139. The van der Waals surface area contributed by atoms with Crippen molar-refractivity contribution in [3.05, 3.63) is 35.6 Å². The summed E-state index contributed by atoms with van der Waals surface area (Å²) in [5, 5.41) is 11.4. The minimum Gasteiger partial charge on any atom is -0.481 e. The monoisotopic (exact) mass is 239 g/mol. The third-order valence-electron chi connectivity index (χ3n) is 2.42. The number of hydrogen-bond acceptors (Lipinski definition) is 2. The first-order valence-electron chi connectivity index (χ1n) is 5.10. The van der Waals surface area contributed by atoms with Crippen LogP contribution in [0.15, 0.2) is 24.3 Å². The average molecular weight is 239 g/mol. The van der Waals surface area contributed by atoms with Crippen LogP contribution in [0.4, 0.5) is 4.39 Å². The smallest absolute Gasteiger partial charge is 0.306 e. The second kappa shape index (κ2) is 4.95. The van der Waals surface area contributed by atoms with Gasteiger partial charge in [0.05, 0.1) is 12.0 Å². The summed E-state index contributed by atoms with van der Waals surface area (Å²) in [4.78, 5) is 21.9. The summed E-state index contributed by atoms with van der Waals surface area (Å²) in [5.41, 5.74) is -0.685. The molecular formula is C12H14FNO3. The Hall–Kier alpha value is -1.91. The molecule has 0 bridgehead atoms. The number of benzene rings is 1. The van der Waals surface area contributed by atoms with Gasteiger partial charge in [-0.3, -0.25) is 9.59 Å². The van der Waals surface area contributed by atoms with Gasteiger partial charge < -0.3 is 10.4 Å². The lowest BCUT2D eigenvalue weighted by Gasteiger charge is -2.29. The molecule has 0 radical (unpaired) electrons. The van der Waals surface area contributed by atoms with Crippen molar-refractivity contribution in [2.24, 2.45) is 0 Å². The van der Waals surface area contributed by atoms with Crippen LogP contribution < -0.4 is 5.32 Å². The Morgan fingerprint density at radius 1 is 1.47 bits per heavy atom. The van der Waals surface area contributed by atoms with Crippen molar-refractivity contribution in [1.82, 2.24) is 5.32 Å². The van der Waals surface area contributed by atoms with E-state index in [4.69, 9.17) is 5.11 Å². The highest BCUT2D eigenvalue weighted by Crippen LogP contribution is 2.25. The third kappa shape index (κ3) is 3.55. The Bertz CT molecular complexity index is 429. The molecule has 1 amide bonds. The van der Waals surface area contributed by atoms with Crippen LogP contribution in [0.3, 0.4) is 0 Å². The van der Waals surface area contributed by atoms with E-state index in [0.717, 1.165) is 0 Å². The number of amides is 1. The number of hydrogen-bond donors (Lipinski definition) is 2. The summed E-state index contributed by atoms with van der Waals surface area (Å²) in [6.45, 7) is 2.84. The minimum absolute atomic E-state index is 0.309. The van der Waals surface area contributed by atoms with E-state index in [1.165, 1.54) is 25.1 Å². The molecule has 1 unspecified atom stereocenters. The van der Waals surface area contributed by atoms with Crippen LogP contribution in [-0.2, 0) is 15.1 Å². The molecule has 0 heterocycles. The first-order valence-corrected chi connectivity index (χ1v) is 5.10. The second-order valence-electron chi connectivity index (χ2n) is 4.09. The van der Waals surface area contributed by atoms with Crippen LogP contribution in [0, 0.1) is 5.82 Å². The predicted octanol–water partition coefficient (Wildman–Crippen LogP) is 1.65. The molecule has 1 atom stereocenters. The van der Waals surface area contributed by atoms with E-state index in [0.29, 0.717) is 5.56 Å². The molecule has 0 fully saturated rings. The van der Waals surface area contributed by atoms with Crippen molar-refractivity contribution in [2.75, 3.05) is 0 Å². The van der Waals surface area contributed by atoms with E-state index >= 15 is 0 Å². The maximum atomic E-state index is 13.1. The average Bonchev–Trinajstić information content (AvgIpc) is 2.14. The third-order valence-corrected chi connectivity index (χ3v) is 2.42. The number of carbonyl (C=O) groups excluding carboxylic acids is 1. The normalized spacial score (nSPS) is 13.8. The summed E-state index contributed by atoms with van der Waals surface area (Å²) in [5.74, 6) is -1.90. The molecule has 0 saturated carbocycles. The molecule has 0 aliphatic heterocycles. The van der Waals surface area contributed by atoms with Gasteiger partial charge in [0.2, 0.25) is 5.91 Å². The maximum absolute atomic E-state index is 13.1. The molecular weight excluding hydrogens is 225 g/mol. The molecule has 92 valence electrons. The number of carbonyl (C=O) groups is 2. The largest absolute Gasteiger partial charge is 0.481 e. The Morgan fingerprint density at radius 2 is 2.12 bits per heavy atom. The fraction of sp³-hybridized carbons (Fsp3) is 0.333. The molecule has 0 saturated heterocycles. The first kappa shape index (κ1) is 13.2. The SMILES string of the molecule is CC(=O)NC(C)(CC(=O)O)c1cccc(F)c1. The summed E-state index contributed by atoms with van der Waals surface area (Å²) in [7, 11) is 0. The molecule has 1 rings (SSSR count). The lowest BCUT2D eigenvalue weighted by atomic mass is 9.88. The molecule has 0 aromatic heterocycles. The van der Waals surface area contributed by atoms with Crippen molar-refractivity contribution in [2.45, 2.75) is 25.8 Å². The summed E-state index contributed by atoms with van der Waals surface area (Å²) >= 11 is 0. The zero-order chi connectivity index (χ0) is 13.1. The molecule has 0 spiro atoms. The van der Waals surface area contributed by atoms with Gasteiger partial charge in [0, 0.05) is 6.92 Å². The highest BCUT2D eigenvalue weighted by molar-refractivity contribution is 5.76. The minimum atomic E-state index is -1.11. The number of halogens is 1. The molecule has 0 aliphatic rings. The van der Waals surface area contributed by atoms with Crippen molar-refractivity contribution < 1.29 is 19.1 Å². The van der Waals surface area contributed by atoms with Gasteiger partial charge in [-0.15, -0.1) is 0 Å². The van der Waals surface area contributed by atoms with Crippen molar-refractivity contribution >= 4 is 11.9 Å². The summed E-state index contributed by atoms with van der Waals surface area (Å²) in [6, 6.07) is 5.55. The fourth-order valence-corrected chi connectivity index (χ4v) is 1.74. The van der Waals surface area contributed by atoms with Gasteiger partial charge in [-0.25, -0.2) is 4.39 Å². The maximum Gasteiger partial charge on any atom is 0.306 e. The van der Waals surface area contributed by atoms with Gasteiger partial charge in [-0.1, -0.05) is 12.1 Å². The molecule has 1 aromatic rings. The quantitative estimate of drug-likeness (QED) is 0.839. The van der Waals surface area contributed by atoms with Crippen molar-refractivity contribution in [1.29, 1.82) is 0 Å². The van der Waals surface area contributed by atoms with E-state index in [1.54, 1.807) is 13.0 Å². The number of carboxylic acids is 1. The molecule has 1 aromatic carbocycles. The van der Waals surface area contributed by atoms with E-state index in [1.807, 2.05) is 0 Å². The molecule has 0 aliphatic carbocycles. The van der Waals surface area contributed by atoms with E-state index in [-0.39, 0.29) is 12.3 Å². The number of aliphatic carboxylic acids is 1. The number of carboxylic acid groups (broad SMARTS) is 1. The van der Waals surface area contributed by atoms with Crippen LogP contribution in [-0.4, -0.2) is 17.0 Å². The first-order chi connectivity index (χ1) is 7.83. The fourth-order valence-electron chi connectivity index (χ4n) is 1.74. The van der Waals surface area contributed by atoms with Gasteiger partial charge in [0.15, 0.2) is 0 Å². The van der Waals surface area contributed by atoms with Crippen LogP contribution >= 0.6 is 0 Å². The summed E-state index contributed by atoms with van der Waals surface area (Å²) < 4.78 is 13.1. The van der Waals surface area contributed by atoms with Gasteiger partial charge in [0.25, 0.3) is 0 Å². The molecule has 5 heteroatoms. The van der Waals surface area contributed by atoms with E-state index in [2.05, 4.69) is 5.32 Å². The Labute approximate surface area is 98.5 Å². The highest BCUT2D eigenvalue weighted by atomic mass is 19.1. The molecule has 4 nitrogen and oxygen atoms in total. The van der Waals surface area contributed by atoms with Crippen LogP contribution in [0.25, 0.3) is 0 Å². The van der Waals surface area contributed by atoms with Gasteiger partial charge in [-0.05, 0) is 24.6 Å².